The molecule has 126 valence electrons. The molecular weight excluding hydrogens is 314 g/mol. The molecule has 0 fully saturated rings. The molecular formula is C16H17N3O5. The van der Waals surface area contributed by atoms with Gasteiger partial charge in [-0.25, -0.2) is 0 Å². The Morgan fingerprint density at radius 1 is 1.04 bits per heavy atom. The van der Waals surface area contributed by atoms with Gasteiger partial charge in [0.25, 0.3) is 11.4 Å². The summed E-state index contributed by atoms with van der Waals surface area (Å²) in [6.45, 7) is 2.00. The quantitative estimate of drug-likeness (QED) is 0.615. The van der Waals surface area contributed by atoms with Crippen molar-refractivity contribution in [1.29, 1.82) is 0 Å². The van der Waals surface area contributed by atoms with Gasteiger partial charge in [-0.05, 0) is 37.1 Å². The van der Waals surface area contributed by atoms with E-state index in [4.69, 9.17) is 10.5 Å². The minimum Gasteiger partial charge on any atom is -0.489 e. The molecule has 0 aromatic heterocycles. The molecule has 0 saturated heterocycles. The minimum absolute atomic E-state index is 0.00623. The van der Waals surface area contributed by atoms with Crippen LogP contribution in [0.1, 0.15) is 18.1 Å². The van der Waals surface area contributed by atoms with Gasteiger partial charge in [0.05, 0.1) is 9.85 Å². The van der Waals surface area contributed by atoms with Crippen LogP contribution in [0.2, 0.25) is 0 Å². The van der Waals surface area contributed by atoms with E-state index in [9.17, 15) is 20.2 Å². The second kappa shape index (κ2) is 7.51. The number of rotatable bonds is 7. The highest BCUT2D eigenvalue weighted by Gasteiger charge is 2.13. The summed E-state index contributed by atoms with van der Waals surface area (Å²) in [6, 6.07) is 10.2. The van der Waals surface area contributed by atoms with Crippen molar-refractivity contribution in [1.82, 2.24) is 0 Å². The van der Waals surface area contributed by atoms with E-state index >= 15 is 0 Å². The third-order valence-corrected chi connectivity index (χ3v) is 3.34. The number of nitrogens with two attached hydrogens (primary N) is 1. The molecule has 0 radical (unpaired) electrons. The van der Waals surface area contributed by atoms with Crippen molar-refractivity contribution < 1.29 is 14.6 Å². The molecule has 0 aliphatic rings. The number of ether oxygens (including phenoxy) is 1. The zero-order chi connectivity index (χ0) is 17.7. The van der Waals surface area contributed by atoms with Crippen LogP contribution in [0.25, 0.3) is 0 Å². The first-order valence-corrected chi connectivity index (χ1v) is 7.26. The molecule has 0 aliphatic heterocycles. The van der Waals surface area contributed by atoms with Gasteiger partial charge < -0.3 is 10.5 Å². The number of non-ortho nitro benzene ring substituents is 2. The van der Waals surface area contributed by atoms with Crippen molar-refractivity contribution in [2.24, 2.45) is 5.73 Å². The Kier molecular flexibility index (Phi) is 5.43. The average molecular weight is 331 g/mol. The van der Waals surface area contributed by atoms with Crippen LogP contribution in [0.5, 0.6) is 5.75 Å². The van der Waals surface area contributed by atoms with E-state index < -0.39 is 9.85 Å². The van der Waals surface area contributed by atoms with E-state index in [1.165, 1.54) is 24.3 Å². The maximum absolute atomic E-state index is 10.9. The molecule has 24 heavy (non-hydrogen) atoms. The molecule has 1 atom stereocenters. The van der Waals surface area contributed by atoms with Gasteiger partial charge in [-0.3, -0.25) is 20.2 Å². The van der Waals surface area contributed by atoms with E-state index in [0.717, 1.165) is 5.56 Å². The smallest absolute Gasteiger partial charge is 0.269 e. The summed E-state index contributed by atoms with van der Waals surface area (Å²) in [4.78, 5) is 20.6. The molecule has 2 N–H and O–H groups in total. The fraction of sp³-hybridized carbons (Fsp3) is 0.250. The summed E-state index contributed by atoms with van der Waals surface area (Å²) in [5, 5.41) is 21.5. The second-order valence-corrected chi connectivity index (χ2v) is 5.44. The van der Waals surface area contributed by atoms with Crippen LogP contribution in [0.15, 0.2) is 42.5 Å². The van der Waals surface area contributed by atoms with Crippen LogP contribution >= 0.6 is 0 Å². The number of benzene rings is 2. The maximum atomic E-state index is 10.9. The molecule has 2 aromatic rings. The highest BCUT2D eigenvalue weighted by Crippen LogP contribution is 2.26. The molecule has 8 heteroatoms. The molecule has 0 spiro atoms. The number of hydrogen-bond acceptors (Lipinski definition) is 6. The average Bonchev–Trinajstić information content (AvgIpc) is 2.53. The first-order chi connectivity index (χ1) is 11.4. The van der Waals surface area contributed by atoms with E-state index in [2.05, 4.69) is 0 Å². The highest BCUT2D eigenvalue weighted by molar-refractivity contribution is 5.44. The van der Waals surface area contributed by atoms with E-state index in [1.807, 2.05) is 0 Å². The van der Waals surface area contributed by atoms with Crippen LogP contribution in [0.4, 0.5) is 11.4 Å². The van der Waals surface area contributed by atoms with Crippen molar-refractivity contribution in [3.63, 3.8) is 0 Å². The molecule has 8 nitrogen and oxygen atoms in total. The van der Waals surface area contributed by atoms with Crippen LogP contribution in [0.3, 0.4) is 0 Å². The Hall–Kier alpha value is -3.00. The standard InChI is InChI=1S/C16H17N3O5/c1-11(17)8-13-9-15(19(22)23)6-7-16(13)24-10-12-2-4-14(5-3-12)18(20)21/h2-7,9,11H,8,10,17H2,1H3. The van der Waals surface area contributed by atoms with Gasteiger partial charge >= 0.3 is 0 Å². The Morgan fingerprint density at radius 3 is 2.17 bits per heavy atom. The number of nitro groups is 2. The molecule has 0 aliphatic carbocycles. The zero-order valence-electron chi connectivity index (χ0n) is 13.0. The predicted molar refractivity (Wildman–Crippen MR) is 87.9 cm³/mol. The van der Waals surface area contributed by atoms with Crippen molar-refractivity contribution >= 4 is 11.4 Å². The van der Waals surface area contributed by atoms with E-state index in [1.54, 1.807) is 25.1 Å². The normalized spacial score (nSPS) is 11.8. The second-order valence-electron chi connectivity index (χ2n) is 5.44. The van der Waals surface area contributed by atoms with Crippen LogP contribution in [-0.2, 0) is 13.0 Å². The van der Waals surface area contributed by atoms with Gasteiger partial charge in [0, 0.05) is 35.9 Å². The summed E-state index contributed by atoms with van der Waals surface area (Å²) < 4.78 is 5.71. The lowest BCUT2D eigenvalue weighted by Crippen LogP contribution is -2.18. The first-order valence-electron chi connectivity index (χ1n) is 7.26. The number of nitrogens with zero attached hydrogens (tertiary/aromatic N) is 2. The first kappa shape index (κ1) is 17.4. The fourth-order valence-electron chi connectivity index (χ4n) is 2.20. The molecule has 0 bridgehead atoms. The highest BCUT2D eigenvalue weighted by atomic mass is 16.6. The van der Waals surface area contributed by atoms with Crippen LogP contribution in [-0.4, -0.2) is 15.9 Å². The zero-order valence-corrected chi connectivity index (χ0v) is 13.0. The Balaban J connectivity index is 2.15. The molecule has 0 amide bonds. The lowest BCUT2D eigenvalue weighted by molar-refractivity contribution is -0.385. The molecule has 1 unspecified atom stereocenters. The lowest BCUT2D eigenvalue weighted by Gasteiger charge is -2.13. The SMILES string of the molecule is CC(N)Cc1cc([N+](=O)[O-])ccc1OCc1ccc([N+](=O)[O-])cc1. The Bertz CT molecular complexity index is 744. The van der Waals surface area contributed by atoms with Gasteiger partial charge in [-0.2, -0.15) is 0 Å². The van der Waals surface area contributed by atoms with E-state index in [0.29, 0.717) is 17.7 Å². The monoisotopic (exact) mass is 331 g/mol. The lowest BCUT2D eigenvalue weighted by atomic mass is 10.1. The predicted octanol–water partition coefficient (Wildman–Crippen LogP) is 2.97. The van der Waals surface area contributed by atoms with Gasteiger partial charge in [-0.15, -0.1) is 0 Å². The Morgan fingerprint density at radius 2 is 1.62 bits per heavy atom. The summed E-state index contributed by atoms with van der Waals surface area (Å²) in [5.41, 5.74) is 7.18. The van der Waals surface area contributed by atoms with Gasteiger partial charge in [0.1, 0.15) is 12.4 Å². The summed E-state index contributed by atoms with van der Waals surface area (Å²) >= 11 is 0. The maximum Gasteiger partial charge on any atom is 0.269 e. The van der Waals surface area contributed by atoms with Crippen molar-refractivity contribution in [2.45, 2.75) is 26.0 Å². The minimum atomic E-state index is -0.471. The van der Waals surface area contributed by atoms with Crippen molar-refractivity contribution in [2.75, 3.05) is 0 Å². The topological polar surface area (TPSA) is 122 Å². The number of hydrogen-bond donors (Lipinski definition) is 1. The van der Waals surface area contributed by atoms with Crippen molar-refractivity contribution in [3.8, 4) is 5.75 Å². The van der Waals surface area contributed by atoms with Gasteiger partial charge in [0.15, 0.2) is 0 Å². The fourth-order valence-corrected chi connectivity index (χ4v) is 2.20. The largest absolute Gasteiger partial charge is 0.489 e. The summed E-state index contributed by atoms with van der Waals surface area (Å²) in [6.07, 6.45) is 0.442. The van der Waals surface area contributed by atoms with Crippen LogP contribution in [0, 0.1) is 20.2 Å². The van der Waals surface area contributed by atoms with Crippen molar-refractivity contribution in [3.05, 3.63) is 73.8 Å². The molecule has 0 saturated carbocycles. The summed E-state index contributed by atoms with van der Waals surface area (Å²) in [5.74, 6) is 0.510. The molecule has 2 rings (SSSR count). The Labute approximate surface area is 138 Å². The van der Waals surface area contributed by atoms with Crippen LogP contribution < -0.4 is 10.5 Å². The molecule has 0 heterocycles. The third-order valence-electron chi connectivity index (χ3n) is 3.34. The van der Waals surface area contributed by atoms with Gasteiger partial charge in [0.2, 0.25) is 0 Å². The summed E-state index contributed by atoms with van der Waals surface area (Å²) in [7, 11) is 0. The van der Waals surface area contributed by atoms with E-state index in [-0.39, 0.29) is 24.0 Å². The third kappa shape index (κ3) is 4.50. The number of nitro benzene ring substituents is 2. The molecule has 2 aromatic carbocycles. The van der Waals surface area contributed by atoms with Gasteiger partial charge in [-0.1, -0.05) is 0 Å².